The van der Waals surface area contributed by atoms with Gasteiger partial charge in [0.05, 0.1) is 10.2 Å². The molecule has 19 heavy (non-hydrogen) atoms. The molecule has 0 radical (unpaired) electrons. The van der Waals surface area contributed by atoms with E-state index in [0.29, 0.717) is 4.60 Å². The SMILES string of the molecule is CN1CCN(C(=O)Cn2cc(C(=O)O)cc2Br)CC1. The standard InChI is InChI=1S/C12H16BrN3O3/c1-14-2-4-15(5-3-14)11(17)8-16-7-9(12(18)19)6-10(16)13/h6-7H,2-5,8H2,1H3,(H,18,19). The van der Waals surface area contributed by atoms with Crippen LogP contribution in [-0.2, 0) is 11.3 Å². The van der Waals surface area contributed by atoms with Crippen LogP contribution in [-0.4, -0.2) is 64.6 Å². The lowest BCUT2D eigenvalue weighted by molar-refractivity contribution is -0.133. The van der Waals surface area contributed by atoms with E-state index >= 15 is 0 Å². The van der Waals surface area contributed by atoms with Crippen LogP contribution in [0.5, 0.6) is 0 Å². The fourth-order valence-corrected chi connectivity index (χ4v) is 2.49. The molecule has 1 fully saturated rings. The maximum absolute atomic E-state index is 12.1. The van der Waals surface area contributed by atoms with E-state index in [9.17, 15) is 9.59 Å². The minimum Gasteiger partial charge on any atom is -0.478 e. The molecule has 1 N–H and O–H groups in total. The second-order valence-corrected chi connectivity index (χ2v) is 5.48. The summed E-state index contributed by atoms with van der Waals surface area (Å²) < 4.78 is 2.22. The highest BCUT2D eigenvalue weighted by molar-refractivity contribution is 9.10. The predicted octanol–water partition coefficient (Wildman–Crippen LogP) is 0.723. The van der Waals surface area contributed by atoms with E-state index in [-0.39, 0.29) is 18.0 Å². The largest absolute Gasteiger partial charge is 0.478 e. The summed E-state index contributed by atoms with van der Waals surface area (Å²) >= 11 is 3.27. The van der Waals surface area contributed by atoms with Crippen molar-refractivity contribution >= 4 is 27.8 Å². The minimum atomic E-state index is -0.994. The number of hydrogen-bond acceptors (Lipinski definition) is 3. The second-order valence-electron chi connectivity index (χ2n) is 4.67. The van der Waals surface area contributed by atoms with Crippen LogP contribution in [0, 0.1) is 0 Å². The molecule has 1 saturated heterocycles. The molecule has 6 nitrogen and oxygen atoms in total. The molecular formula is C12H16BrN3O3. The average molecular weight is 330 g/mol. The van der Waals surface area contributed by atoms with Gasteiger partial charge in [-0.25, -0.2) is 4.79 Å². The van der Waals surface area contributed by atoms with E-state index in [4.69, 9.17) is 5.11 Å². The Bertz CT molecular complexity index is 492. The first-order chi connectivity index (χ1) is 8.97. The molecular weight excluding hydrogens is 314 g/mol. The number of likely N-dealkylation sites (N-methyl/N-ethyl adjacent to an activating group) is 1. The minimum absolute atomic E-state index is 0.0151. The van der Waals surface area contributed by atoms with Gasteiger partial charge in [-0.1, -0.05) is 0 Å². The molecule has 0 saturated carbocycles. The summed E-state index contributed by atoms with van der Waals surface area (Å²) in [5.41, 5.74) is 0.179. The quantitative estimate of drug-likeness (QED) is 0.887. The van der Waals surface area contributed by atoms with Gasteiger partial charge in [0.25, 0.3) is 0 Å². The molecule has 1 aliphatic heterocycles. The first kappa shape index (κ1) is 14.1. The third kappa shape index (κ3) is 3.36. The van der Waals surface area contributed by atoms with E-state index < -0.39 is 5.97 Å². The van der Waals surface area contributed by atoms with Crippen molar-refractivity contribution in [2.45, 2.75) is 6.54 Å². The van der Waals surface area contributed by atoms with Gasteiger partial charge >= 0.3 is 5.97 Å². The molecule has 0 spiro atoms. The molecule has 0 aliphatic carbocycles. The van der Waals surface area contributed by atoms with Gasteiger partial charge < -0.3 is 19.5 Å². The molecule has 0 bridgehead atoms. The first-order valence-corrected chi connectivity index (χ1v) is 6.82. The predicted molar refractivity (Wildman–Crippen MR) is 73.2 cm³/mol. The molecule has 7 heteroatoms. The number of hydrogen-bond donors (Lipinski definition) is 1. The van der Waals surface area contributed by atoms with Crippen molar-refractivity contribution in [1.82, 2.24) is 14.4 Å². The number of carbonyl (C=O) groups is 2. The van der Waals surface area contributed by atoms with E-state index in [1.165, 1.54) is 12.3 Å². The third-order valence-electron chi connectivity index (χ3n) is 3.25. The molecule has 0 atom stereocenters. The van der Waals surface area contributed by atoms with Crippen molar-refractivity contribution in [2.75, 3.05) is 33.2 Å². The van der Waals surface area contributed by atoms with Gasteiger partial charge in [-0.05, 0) is 29.0 Å². The number of nitrogens with zero attached hydrogens (tertiary/aromatic N) is 3. The van der Waals surface area contributed by atoms with Crippen LogP contribution >= 0.6 is 15.9 Å². The van der Waals surface area contributed by atoms with E-state index in [1.807, 2.05) is 11.9 Å². The zero-order chi connectivity index (χ0) is 14.0. The molecule has 0 unspecified atom stereocenters. The first-order valence-electron chi connectivity index (χ1n) is 6.02. The van der Waals surface area contributed by atoms with Gasteiger partial charge in [0.15, 0.2) is 0 Å². The maximum atomic E-state index is 12.1. The lowest BCUT2D eigenvalue weighted by Crippen LogP contribution is -2.48. The summed E-state index contributed by atoms with van der Waals surface area (Å²) in [6.45, 7) is 3.36. The Morgan fingerprint density at radius 2 is 1.95 bits per heavy atom. The highest BCUT2D eigenvalue weighted by Crippen LogP contribution is 2.16. The number of carbonyl (C=O) groups excluding carboxylic acids is 1. The molecule has 1 aromatic heterocycles. The van der Waals surface area contributed by atoms with Crippen molar-refractivity contribution in [1.29, 1.82) is 0 Å². The van der Waals surface area contributed by atoms with Gasteiger partial charge in [-0.15, -0.1) is 0 Å². The van der Waals surface area contributed by atoms with Gasteiger partial charge in [-0.3, -0.25) is 4.79 Å². The Labute approximate surface area is 119 Å². The Morgan fingerprint density at radius 3 is 2.47 bits per heavy atom. The fraction of sp³-hybridized carbons (Fsp3) is 0.500. The number of carboxylic acids is 1. The van der Waals surface area contributed by atoms with E-state index in [0.717, 1.165) is 26.2 Å². The number of aromatic nitrogens is 1. The van der Waals surface area contributed by atoms with Gasteiger partial charge in [-0.2, -0.15) is 0 Å². The maximum Gasteiger partial charge on any atom is 0.337 e. The zero-order valence-corrected chi connectivity index (χ0v) is 12.3. The normalized spacial score (nSPS) is 16.6. The van der Waals surface area contributed by atoms with E-state index in [2.05, 4.69) is 20.8 Å². The molecule has 104 valence electrons. The van der Waals surface area contributed by atoms with Crippen LogP contribution in [0.25, 0.3) is 0 Å². The topological polar surface area (TPSA) is 65.8 Å². The Morgan fingerprint density at radius 1 is 1.32 bits per heavy atom. The Hall–Kier alpha value is -1.34. The number of carboxylic acid groups (broad SMARTS) is 1. The molecule has 0 aromatic carbocycles. The summed E-state index contributed by atoms with van der Waals surface area (Å²) in [7, 11) is 2.03. The number of amides is 1. The highest BCUT2D eigenvalue weighted by atomic mass is 79.9. The van der Waals surface area contributed by atoms with Crippen LogP contribution < -0.4 is 0 Å². The van der Waals surface area contributed by atoms with Crippen LogP contribution in [0.3, 0.4) is 0 Å². The smallest absolute Gasteiger partial charge is 0.337 e. The molecule has 1 aromatic rings. The van der Waals surface area contributed by atoms with Crippen molar-refractivity contribution in [2.24, 2.45) is 0 Å². The molecule has 2 rings (SSSR count). The lowest BCUT2D eigenvalue weighted by atomic mass is 10.3. The monoisotopic (exact) mass is 329 g/mol. The van der Waals surface area contributed by atoms with Crippen molar-refractivity contribution < 1.29 is 14.7 Å². The summed E-state index contributed by atoms with van der Waals surface area (Å²) in [6, 6.07) is 1.50. The van der Waals surface area contributed by atoms with E-state index in [1.54, 1.807) is 4.57 Å². The van der Waals surface area contributed by atoms with Crippen LogP contribution in [0.15, 0.2) is 16.9 Å². The van der Waals surface area contributed by atoms with Gasteiger partial charge in [0.1, 0.15) is 6.54 Å². The number of halogens is 1. The molecule has 1 aliphatic rings. The number of piperazine rings is 1. The van der Waals surface area contributed by atoms with Crippen molar-refractivity contribution in [3.05, 3.63) is 22.4 Å². The number of rotatable bonds is 3. The summed E-state index contributed by atoms with van der Waals surface area (Å²) in [4.78, 5) is 27.0. The Balaban J connectivity index is 2.00. The third-order valence-corrected chi connectivity index (χ3v) is 3.94. The second kappa shape index (κ2) is 5.75. The lowest BCUT2D eigenvalue weighted by Gasteiger charge is -2.32. The summed E-state index contributed by atoms with van der Waals surface area (Å²) in [5.74, 6) is -0.979. The molecule has 2 heterocycles. The van der Waals surface area contributed by atoms with Gasteiger partial charge in [0.2, 0.25) is 5.91 Å². The number of aromatic carboxylic acids is 1. The zero-order valence-electron chi connectivity index (χ0n) is 10.7. The molecule has 1 amide bonds. The van der Waals surface area contributed by atoms with Crippen LogP contribution in [0.1, 0.15) is 10.4 Å². The van der Waals surface area contributed by atoms with Crippen LogP contribution in [0.2, 0.25) is 0 Å². The van der Waals surface area contributed by atoms with Crippen LogP contribution in [0.4, 0.5) is 0 Å². The van der Waals surface area contributed by atoms with Crippen molar-refractivity contribution in [3.63, 3.8) is 0 Å². The highest BCUT2D eigenvalue weighted by Gasteiger charge is 2.20. The summed E-state index contributed by atoms with van der Waals surface area (Å²) in [5, 5.41) is 8.90. The van der Waals surface area contributed by atoms with Crippen molar-refractivity contribution in [3.8, 4) is 0 Å². The summed E-state index contributed by atoms with van der Waals surface area (Å²) in [6.07, 6.45) is 1.47. The fourth-order valence-electron chi connectivity index (χ4n) is 2.02. The average Bonchev–Trinajstić information content (AvgIpc) is 2.72. The Kier molecular flexibility index (Phi) is 4.26. The van der Waals surface area contributed by atoms with Gasteiger partial charge in [0, 0.05) is 32.4 Å².